The molecule has 133 heavy (non-hydrogen) atoms. The van der Waals surface area contributed by atoms with Gasteiger partial charge < -0.3 is 126 Å². The Morgan fingerprint density at radius 1 is 0.391 bits per heavy atom. The van der Waals surface area contributed by atoms with Gasteiger partial charge in [0.15, 0.2) is 30.4 Å². The molecule has 0 saturated carbocycles. The quantitative estimate of drug-likeness (QED) is 0.0203. The number of rotatable bonds is 26. The van der Waals surface area contributed by atoms with E-state index in [1.165, 1.54) is 6.92 Å². The van der Waals surface area contributed by atoms with E-state index in [0.29, 0.717) is 84.0 Å². The van der Waals surface area contributed by atoms with Gasteiger partial charge in [0.25, 0.3) is 0 Å². The van der Waals surface area contributed by atoms with Crippen LogP contribution in [0.15, 0.2) is 34.9 Å². The highest BCUT2D eigenvalue weighted by atomic mass is 16.7. The van der Waals surface area contributed by atoms with E-state index in [2.05, 4.69) is 48.8 Å². The van der Waals surface area contributed by atoms with Crippen LogP contribution in [0.5, 0.6) is 0 Å². The number of methoxy groups -OCH3 is 8. The predicted molar refractivity (Wildman–Crippen MR) is 512 cm³/mol. The summed E-state index contributed by atoms with van der Waals surface area (Å²) in [6, 6.07) is -0.107. The molecule has 6 aliphatic rings. The summed E-state index contributed by atoms with van der Waals surface area (Å²) >= 11 is 0. The average molecular weight is 1900 g/mol. The Hall–Kier alpha value is -3.95. The van der Waals surface area contributed by atoms with E-state index in [9.17, 15) is 49.5 Å². The molecule has 6 rings (SSSR count). The minimum Gasteiger partial charge on any atom is -0.459 e. The maximum atomic E-state index is 14.1. The van der Waals surface area contributed by atoms with Crippen molar-refractivity contribution in [2.45, 2.75) is 393 Å². The Labute approximate surface area is 800 Å². The van der Waals surface area contributed by atoms with Gasteiger partial charge in [-0.15, -0.1) is 0 Å². The first-order valence-corrected chi connectivity index (χ1v) is 48.7. The molecule has 0 aliphatic carbocycles. The maximum absolute atomic E-state index is 14.1. The number of allylic oxidation sites excluding steroid dienone is 3. The predicted octanol–water partition coefficient (Wildman–Crippen LogP) is 12.0. The third-order valence-corrected chi connectivity index (χ3v) is 29.9. The van der Waals surface area contributed by atoms with Gasteiger partial charge in [-0.3, -0.25) is 24.0 Å². The van der Waals surface area contributed by atoms with Crippen LogP contribution in [-0.2, 0) is 104 Å². The minimum absolute atomic E-state index is 0.0122. The number of ether oxygens (including phenoxy) is 17. The molecule has 6 heterocycles. The molecular weight excluding hydrogens is 1720 g/mol. The largest absolute Gasteiger partial charge is 0.459 e. The molecular formula is C102H187N3O28. The van der Waals surface area contributed by atoms with Crippen LogP contribution in [0, 0.1) is 71.0 Å². The molecule has 0 spiro atoms. The molecule has 0 aromatic carbocycles. The molecule has 37 atom stereocenters. The number of carbonyl (C=O) groups excluding carboxylic acids is 5. The van der Waals surface area contributed by atoms with Gasteiger partial charge in [0, 0.05) is 137 Å². The highest BCUT2D eigenvalue weighted by Crippen LogP contribution is 2.46. The van der Waals surface area contributed by atoms with Gasteiger partial charge >= 0.3 is 17.9 Å². The summed E-state index contributed by atoms with van der Waals surface area (Å²) in [7, 11) is 25.9. The fraction of sp³-hybridized carbons (Fsp3) is 0.892. The highest BCUT2D eigenvalue weighted by molar-refractivity contribution is 6.00. The van der Waals surface area contributed by atoms with Crippen molar-refractivity contribution in [2.75, 3.05) is 126 Å². The van der Waals surface area contributed by atoms with Crippen molar-refractivity contribution >= 4 is 29.5 Å². The van der Waals surface area contributed by atoms with Gasteiger partial charge in [-0.2, -0.15) is 0 Å². The normalized spacial score (nSPS) is 43.0. The molecule has 3 fully saturated rings. The standard InChI is InChI=1S/C34H63NO9.C34H61NO9.C33H59NO9.CH4O/c2*1-14-27-34(8,38)25(15-16-39-11)21(3)17-20(2)19-33(7,41-13)30(23(5)28(36)24(6)31(37)43-27)44-32-29(40-12)26(35(9)10)18-22(4)42-32;1-13-26-33(8,38)24(14-15-39-11)20(3)16-19(2)18-32(7,40-12)29(22(5)27(35)23(6)30(37)42-26)43-31-28(36)25(34(9)10)17-21(4)41-31;1-2/h17,20,22-30,32,36,38H,14-16,18-19H2,1-13H3;17,20,22-27,29-30,32,38H,14-16,18-19H2,1-13H3;16,19,21-26,28-29,31,36,38H,13-15,17-18H2,1-12H3;2H,1H3/b2*21-17-;20-16-;/t20-,22+,23-,24+,25+,26-,27+,28-,29+,30+,32-,33+,34-;20-,22+,23-,24+,25+,26-,27+,29+,30+,32-,33+,34-;19-,21+,22-,23+,24+,25-,26+,28+,29+,31-,32+,33-;/m000./s1. The molecule has 0 aromatic rings. The lowest BCUT2D eigenvalue weighted by Crippen LogP contribution is -2.60. The third kappa shape index (κ3) is 32.0. The molecule has 31 heteroatoms. The number of carbonyl (C=O) groups is 5. The van der Waals surface area contributed by atoms with Crippen LogP contribution in [0.2, 0.25) is 0 Å². The van der Waals surface area contributed by atoms with Gasteiger partial charge in [0.2, 0.25) is 0 Å². The van der Waals surface area contributed by atoms with E-state index < -0.39 is 161 Å². The van der Waals surface area contributed by atoms with Gasteiger partial charge in [-0.05, 0) is 241 Å². The van der Waals surface area contributed by atoms with Crippen LogP contribution in [0.25, 0.3) is 0 Å². The number of nitrogens with zero attached hydrogens (tertiary/aromatic N) is 3. The zero-order valence-electron chi connectivity index (χ0n) is 89.2. The Morgan fingerprint density at radius 2 is 0.662 bits per heavy atom. The van der Waals surface area contributed by atoms with Gasteiger partial charge in [0.05, 0.1) is 65.4 Å². The summed E-state index contributed by atoms with van der Waals surface area (Å²) in [4.78, 5) is 74.8. The van der Waals surface area contributed by atoms with E-state index in [1.54, 1.807) is 105 Å². The summed E-state index contributed by atoms with van der Waals surface area (Å²) in [5.41, 5.74) is -4.08. The van der Waals surface area contributed by atoms with E-state index in [4.69, 9.17) is 85.6 Å². The number of ketones is 2. The van der Waals surface area contributed by atoms with E-state index in [1.807, 2.05) is 137 Å². The first-order valence-electron chi connectivity index (χ1n) is 48.7. The molecule has 31 nitrogen and oxygen atoms in total. The molecule has 0 radical (unpaired) electrons. The van der Waals surface area contributed by atoms with E-state index in [-0.39, 0.29) is 89.6 Å². The van der Waals surface area contributed by atoms with Crippen LogP contribution >= 0.6 is 0 Å². The number of hydrogen-bond acceptors (Lipinski definition) is 31. The SMILES string of the molecule is CC[C@H]1OC(=O)[C@H](C)C(=O)[C@H](C)[C@@H](O[C@@H]2O[C@H](C)C[C@H](N(C)C)[C@H]2O)[C@](C)(OC)C[C@@H](C)/C=C(/C)[C@@H](CCOC)[C@]1(C)O.CC[C@H]1OC(=O)[C@H](C)C(=O)[C@H](C)[C@@H](O[C@@H]2O[C@H](C)C[C@H](N(C)C)[C@H]2OC)[C@](C)(OC)C[C@@H](C)/C=C(/C)[C@@H](CCOC)[C@]1(C)O.CC[C@H]1OC(=O)[C@H](C)[C@@H](O)[C@H](C)[C@@H](O[C@@H]2O[C@H](C)C[C@H](N(C)C)[C@H]2OC)[C@](C)(OC)C[C@@H](C)/C=C(/C)[C@@H](CCOC)[C@]1(C)O.CO. The zero-order valence-corrected chi connectivity index (χ0v) is 89.2. The molecule has 0 aromatic heterocycles. The third-order valence-electron chi connectivity index (χ3n) is 29.9. The number of aliphatic hydroxyl groups excluding tert-OH is 3. The fourth-order valence-electron chi connectivity index (χ4n) is 22.0. The second-order valence-electron chi connectivity index (χ2n) is 41.3. The summed E-state index contributed by atoms with van der Waals surface area (Å²) < 4.78 is 103. The Kier molecular flexibility index (Phi) is 51.4. The molecule has 0 bridgehead atoms. The zero-order chi connectivity index (χ0) is 102. The van der Waals surface area contributed by atoms with E-state index >= 15 is 0 Å². The maximum Gasteiger partial charge on any atom is 0.316 e. The minimum atomic E-state index is -1.40. The summed E-state index contributed by atoms with van der Waals surface area (Å²) in [6.45, 7) is 46.2. The van der Waals surface area contributed by atoms with Crippen molar-refractivity contribution in [2.24, 2.45) is 71.0 Å². The highest BCUT2D eigenvalue weighted by Gasteiger charge is 2.56. The Balaban J connectivity index is 0.000000509. The smallest absolute Gasteiger partial charge is 0.316 e. The number of Topliss-reactive ketones (excluding diaryl/α,β-unsaturated/α-hetero) is 2. The second kappa shape index (κ2) is 55.5. The summed E-state index contributed by atoms with van der Waals surface area (Å²) in [6.07, 6.45) is 2.43. The van der Waals surface area contributed by atoms with Gasteiger partial charge in [-0.25, -0.2) is 0 Å². The van der Waals surface area contributed by atoms with Crippen LogP contribution in [0.4, 0.5) is 0 Å². The van der Waals surface area contributed by atoms with Crippen molar-refractivity contribution in [3.8, 4) is 0 Å². The van der Waals surface area contributed by atoms with E-state index in [0.717, 1.165) is 36.7 Å². The lowest BCUT2D eigenvalue weighted by atomic mass is 9.74. The molecule has 0 amide bonds. The summed E-state index contributed by atoms with van der Waals surface area (Å²) in [5, 5.41) is 65.6. The average Bonchev–Trinajstić information content (AvgIpc) is 0.781. The molecule has 778 valence electrons. The van der Waals surface area contributed by atoms with Crippen molar-refractivity contribution in [3.05, 3.63) is 34.9 Å². The van der Waals surface area contributed by atoms with Crippen molar-refractivity contribution in [1.29, 1.82) is 0 Å². The summed E-state index contributed by atoms with van der Waals surface area (Å²) in [5.74, 6) is -8.96. The molecule has 6 N–H and O–H groups in total. The molecule has 3 saturated heterocycles. The van der Waals surface area contributed by atoms with Crippen LogP contribution < -0.4 is 0 Å². The van der Waals surface area contributed by atoms with Gasteiger partial charge in [0.1, 0.15) is 65.3 Å². The monoisotopic (exact) mass is 1900 g/mol. The van der Waals surface area contributed by atoms with Crippen molar-refractivity contribution in [1.82, 2.24) is 14.7 Å². The number of likely N-dealkylation sites (N-methyl/N-ethyl adjacent to an activating group) is 3. The Morgan fingerprint density at radius 3 is 0.940 bits per heavy atom. The lowest BCUT2D eigenvalue weighted by molar-refractivity contribution is -0.304. The van der Waals surface area contributed by atoms with Crippen LogP contribution in [-0.4, -0.2) is 351 Å². The first-order chi connectivity index (χ1) is 61.9. The van der Waals surface area contributed by atoms with Crippen molar-refractivity contribution in [3.63, 3.8) is 0 Å². The van der Waals surface area contributed by atoms with Crippen molar-refractivity contribution < 1.29 is 135 Å². The fourth-order valence-corrected chi connectivity index (χ4v) is 22.0. The molecule has 0 unspecified atom stereocenters. The molecule has 6 aliphatic heterocycles. The van der Waals surface area contributed by atoms with Crippen LogP contribution in [0.1, 0.15) is 243 Å². The number of esters is 3. The van der Waals surface area contributed by atoms with Gasteiger partial charge in [-0.1, -0.05) is 97.3 Å². The number of hydrogen-bond donors (Lipinski definition) is 6. The first kappa shape index (κ1) is 123. The number of aliphatic hydroxyl groups is 6. The Bertz CT molecular complexity index is 3560. The lowest BCUT2D eigenvalue weighted by Gasteiger charge is -2.48. The van der Waals surface area contributed by atoms with Crippen LogP contribution in [0.3, 0.4) is 0 Å². The number of cyclic esters (lactones) is 3. The second-order valence-corrected chi connectivity index (χ2v) is 41.3. The topological polar surface area (TPSA) is 373 Å².